The summed E-state index contributed by atoms with van der Waals surface area (Å²) in [6.45, 7) is 3.30. The smallest absolute Gasteiger partial charge is 0.253 e. The van der Waals surface area contributed by atoms with Crippen LogP contribution in [0, 0.1) is 0 Å². The van der Waals surface area contributed by atoms with Gasteiger partial charge in [0.2, 0.25) is 5.91 Å². The molecule has 0 saturated carbocycles. The molecule has 1 aromatic rings. The summed E-state index contributed by atoms with van der Waals surface area (Å²) >= 11 is 5.97. The first kappa shape index (κ1) is 15.3. The van der Waals surface area contributed by atoms with E-state index >= 15 is 0 Å². The number of likely N-dealkylation sites (tertiary alicyclic amines) is 1. The number of hydrogen-bond acceptors (Lipinski definition) is 3. The molecule has 22 heavy (non-hydrogen) atoms. The van der Waals surface area contributed by atoms with Crippen molar-refractivity contribution in [2.24, 2.45) is 0 Å². The molecule has 0 aliphatic carbocycles. The van der Waals surface area contributed by atoms with Gasteiger partial charge in [0.1, 0.15) is 0 Å². The Bertz CT molecular complexity index is 578. The van der Waals surface area contributed by atoms with Gasteiger partial charge in [0.25, 0.3) is 5.91 Å². The molecule has 0 aromatic heterocycles. The second kappa shape index (κ2) is 6.67. The van der Waals surface area contributed by atoms with Crippen LogP contribution in [-0.4, -0.2) is 60.4 Å². The fraction of sp³-hybridized carbons (Fsp3) is 0.500. The molecule has 2 aliphatic rings. The highest BCUT2D eigenvalue weighted by Gasteiger charge is 2.31. The predicted molar refractivity (Wildman–Crippen MR) is 85.0 cm³/mol. The van der Waals surface area contributed by atoms with Crippen molar-refractivity contribution in [3.05, 3.63) is 34.9 Å². The second-order valence-electron chi connectivity index (χ2n) is 5.82. The zero-order valence-corrected chi connectivity index (χ0v) is 13.2. The summed E-state index contributed by atoms with van der Waals surface area (Å²) in [6, 6.07) is 7.16. The fourth-order valence-electron chi connectivity index (χ4n) is 3.20. The maximum Gasteiger partial charge on any atom is 0.253 e. The van der Waals surface area contributed by atoms with Gasteiger partial charge in [-0.25, -0.2) is 0 Å². The van der Waals surface area contributed by atoms with Crippen molar-refractivity contribution in [3.63, 3.8) is 0 Å². The van der Waals surface area contributed by atoms with E-state index in [1.54, 1.807) is 24.3 Å². The minimum absolute atomic E-state index is 0.00483. The highest BCUT2D eigenvalue weighted by molar-refractivity contribution is 6.30. The number of nitrogens with zero attached hydrogens (tertiary/aromatic N) is 2. The van der Waals surface area contributed by atoms with Crippen LogP contribution in [0.5, 0.6) is 0 Å². The zero-order valence-electron chi connectivity index (χ0n) is 12.4. The molecular weight excluding hydrogens is 302 g/mol. The third-order valence-corrected chi connectivity index (χ3v) is 4.56. The molecule has 118 valence electrons. The number of piperidine rings is 1. The van der Waals surface area contributed by atoms with Crippen LogP contribution >= 0.6 is 11.6 Å². The minimum Gasteiger partial charge on any atom is -0.337 e. The number of piperazine rings is 1. The summed E-state index contributed by atoms with van der Waals surface area (Å²) < 4.78 is 0. The summed E-state index contributed by atoms with van der Waals surface area (Å²) in [6.07, 6.45) is 1.89. The van der Waals surface area contributed by atoms with E-state index in [2.05, 4.69) is 5.32 Å². The quantitative estimate of drug-likeness (QED) is 0.895. The number of carbonyl (C=O) groups excluding carboxylic acids is 2. The molecule has 1 aromatic carbocycles. The van der Waals surface area contributed by atoms with Crippen LogP contribution < -0.4 is 5.32 Å². The molecule has 1 N–H and O–H groups in total. The van der Waals surface area contributed by atoms with E-state index in [4.69, 9.17) is 11.6 Å². The summed E-state index contributed by atoms with van der Waals surface area (Å²) in [7, 11) is 0. The van der Waals surface area contributed by atoms with Crippen molar-refractivity contribution in [3.8, 4) is 0 Å². The molecule has 5 nitrogen and oxygen atoms in total. The van der Waals surface area contributed by atoms with Crippen molar-refractivity contribution in [1.82, 2.24) is 15.1 Å². The molecule has 2 heterocycles. The van der Waals surface area contributed by atoms with E-state index in [9.17, 15) is 9.59 Å². The van der Waals surface area contributed by atoms with Gasteiger partial charge in [0.15, 0.2) is 0 Å². The highest BCUT2D eigenvalue weighted by Crippen LogP contribution is 2.20. The Kier molecular flexibility index (Phi) is 4.64. The van der Waals surface area contributed by atoms with Gasteiger partial charge in [-0.05, 0) is 31.0 Å². The van der Waals surface area contributed by atoms with Crippen molar-refractivity contribution in [2.75, 3.05) is 32.7 Å². The van der Waals surface area contributed by atoms with Gasteiger partial charge in [0, 0.05) is 42.8 Å². The fourth-order valence-corrected chi connectivity index (χ4v) is 3.40. The molecule has 3 rings (SSSR count). The van der Waals surface area contributed by atoms with Gasteiger partial charge in [-0.3, -0.25) is 9.59 Å². The van der Waals surface area contributed by atoms with Crippen molar-refractivity contribution >= 4 is 23.4 Å². The van der Waals surface area contributed by atoms with Gasteiger partial charge in [-0.1, -0.05) is 17.7 Å². The Morgan fingerprint density at radius 3 is 2.95 bits per heavy atom. The lowest BCUT2D eigenvalue weighted by atomic mass is 10.0. The molecule has 0 radical (unpaired) electrons. The maximum atomic E-state index is 12.6. The number of halogens is 1. The summed E-state index contributed by atoms with van der Waals surface area (Å²) in [5.74, 6) is 0.128. The SMILES string of the molecule is O=C(c1cccc(Cl)c1)N1CCCC(N2CCNCC2=O)C1. The topological polar surface area (TPSA) is 52.7 Å². The zero-order chi connectivity index (χ0) is 15.5. The number of benzene rings is 1. The molecule has 2 saturated heterocycles. The molecule has 6 heteroatoms. The lowest BCUT2D eigenvalue weighted by molar-refractivity contribution is -0.135. The first-order valence-electron chi connectivity index (χ1n) is 7.70. The van der Waals surface area contributed by atoms with Crippen molar-refractivity contribution < 1.29 is 9.59 Å². The average molecular weight is 322 g/mol. The molecule has 2 amide bonds. The molecule has 2 fully saturated rings. The number of hydrogen-bond donors (Lipinski definition) is 1. The summed E-state index contributed by atoms with van der Waals surface area (Å²) in [4.78, 5) is 28.4. The molecule has 1 atom stereocenters. The highest BCUT2D eigenvalue weighted by atomic mass is 35.5. The van der Waals surface area contributed by atoms with Crippen LogP contribution in [0.4, 0.5) is 0 Å². The third kappa shape index (κ3) is 3.25. The number of amides is 2. The Morgan fingerprint density at radius 2 is 2.18 bits per heavy atom. The van der Waals surface area contributed by atoms with Crippen LogP contribution in [0.3, 0.4) is 0 Å². The van der Waals surface area contributed by atoms with Crippen LogP contribution in [0.2, 0.25) is 5.02 Å². The Morgan fingerprint density at radius 1 is 1.32 bits per heavy atom. The lowest BCUT2D eigenvalue weighted by Crippen LogP contribution is -2.57. The van der Waals surface area contributed by atoms with Crippen LogP contribution in [0.15, 0.2) is 24.3 Å². The molecule has 0 bridgehead atoms. The largest absolute Gasteiger partial charge is 0.337 e. The second-order valence-corrected chi connectivity index (χ2v) is 6.26. The standard InChI is InChI=1S/C16H20ClN3O2/c17-13-4-1-3-12(9-13)16(22)19-7-2-5-14(11-19)20-8-6-18-10-15(20)21/h1,3-4,9,14,18H,2,5-8,10-11H2. The van der Waals surface area contributed by atoms with E-state index in [0.717, 1.165) is 32.5 Å². The predicted octanol–water partition coefficient (Wildman–Crippen LogP) is 1.38. The van der Waals surface area contributed by atoms with Crippen molar-refractivity contribution in [1.29, 1.82) is 0 Å². The van der Waals surface area contributed by atoms with E-state index < -0.39 is 0 Å². The van der Waals surface area contributed by atoms with E-state index in [1.165, 1.54) is 0 Å². The summed E-state index contributed by atoms with van der Waals surface area (Å²) in [5.41, 5.74) is 0.611. The van der Waals surface area contributed by atoms with Crippen LogP contribution in [0.25, 0.3) is 0 Å². The van der Waals surface area contributed by atoms with Gasteiger partial charge < -0.3 is 15.1 Å². The first-order chi connectivity index (χ1) is 10.6. The molecule has 0 spiro atoms. The number of carbonyl (C=O) groups is 2. The third-order valence-electron chi connectivity index (χ3n) is 4.32. The van der Waals surface area contributed by atoms with Crippen molar-refractivity contribution in [2.45, 2.75) is 18.9 Å². The minimum atomic E-state index is -0.00483. The molecule has 1 unspecified atom stereocenters. The molecule has 2 aliphatic heterocycles. The monoisotopic (exact) mass is 321 g/mol. The van der Waals surface area contributed by atoms with Gasteiger partial charge in [-0.15, -0.1) is 0 Å². The van der Waals surface area contributed by atoms with Gasteiger partial charge in [0.05, 0.1) is 6.54 Å². The van der Waals surface area contributed by atoms with Gasteiger partial charge in [-0.2, -0.15) is 0 Å². The molecular formula is C16H20ClN3O2. The average Bonchev–Trinajstić information content (AvgIpc) is 2.55. The number of rotatable bonds is 2. The van der Waals surface area contributed by atoms with E-state index in [0.29, 0.717) is 23.7 Å². The van der Waals surface area contributed by atoms with Gasteiger partial charge >= 0.3 is 0 Å². The Hall–Kier alpha value is -1.59. The van der Waals surface area contributed by atoms with E-state index in [-0.39, 0.29) is 17.9 Å². The van der Waals surface area contributed by atoms with Crippen LogP contribution in [-0.2, 0) is 4.79 Å². The Balaban J connectivity index is 1.70. The first-order valence-corrected chi connectivity index (χ1v) is 8.08. The van der Waals surface area contributed by atoms with Crippen LogP contribution in [0.1, 0.15) is 23.2 Å². The van der Waals surface area contributed by atoms with E-state index in [1.807, 2.05) is 9.80 Å². The Labute approximate surface area is 135 Å². The summed E-state index contributed by atoms with van der Waals surface area (Å²) in [5, 5.41) is 3.65. The number of nitrogens with one attached hydrogen (secondary N) is 1. The maximum absolute atomic E-state index is 12.6. The normalized spacial score (nSPS) is 22.8. The lowest BCUT2D eigenvalue weighted by Gasteiger charge is -2.41.